The highest BCUT2D eigenvalue weighted by molar-refractivity contribution is 7.59. The number of nitrogen functional groups attached to an aromatic ring is 3. The second-order valence-electron chi connectivity index (χ2n) is 11.8. The minimum Gasteiger partial charge on any atom is -0.507 e. The molecule has 7 N–H and O–H groups in total. The lowest BCUT2D eigenvalue weighted by Gasteiger charge is -2.05. The van der Waals surface area contributed by atoms with Crippen molar-refractivity contribution in [2.75, 3.05) is 17.2 Å². The van der Waals surface area contributed by atoms with Crippen LogP contribution in [0.1, 0.15) is 52.7 Å². The van der Waals surface area contributed by atoms with Gasteiger partial charge in [0.15, 0.2) is 0 Å². The molecule has 0 unspecified atom stereocenters. The first-order chi connectivity index (χ1) is 26.9. The first-order valence-corrected chi connectivity index (χ1v) is 19.5. The van der Waals surface area contributed by atoms with Crippen molar-refractivity contribution in [1.82, 2.24) is 15.0 Å². The molecule has 0 aliphatic heterocycles. The van der Waals surface area contributed by atoms with E-state index in [0.717, 1.165) is 45.2 Å². The molecule has 1 heterocycles. The van der Waals surface area contributed by atoms with Gasteiger partial charge in [0.2, 0.25) is 0 Å². The highest BCUT2D eigenvalue weighted by atomic mass is 32.2. The van der Waals surface area contributed by atoms with Crippen LogP contribution in [0, 0.1) is 55.4 Å². The molecule has 16 nitrogen and oxygen atoms in total. The Labute approximate surface area is 350 Å². The van der Waals surface area contributed by atoms with E-state index in [4.69, 9.17) is 55.1 Å². The molecule has 0 aliphatic rings. The van der Waals surface area contributed by atoms with Gasteiger partial charge in [0.05, 0.1) is 0 Å². The molecule has 0 aliphatic carbocycles. The van der Waals surface area contributed by atoms with E-state index in [1.165, 1.54) is 22.3 Å². The molecule has 0 radical (unpaired) electrons. The molecule has 19 heteroatoms. The number of hydrogen-bond donors (Lipinski definition) is 4. The summed E-state index contributed by atoms with van der Waals surface area (Å²) in [6, 6.07) is 33.4. The fourth-order valence-electron chi connectivity index (χ4n) is 4.23. The summed E-state index contributed by atoms with van der Waals surface area (Å²) in [5, 5.41) is 11.4. The van der Waals surface area contributed by atoms with Crippen LogP contribution in [0.25, 0.3) is 10.8 Å². The molecule has 6 rings (SSSR count). The third kappa shape index (κ3) is 33.3. The number of rotatable bonds is 0. The zero-order chi connectivity index (χ0) is 45.0. The normalized spacial score (nSPS) is 8.75. The SMILES string of the molecule is C.Cc1cc(O)c2c(N)cccc2c1.Cc1ccc(C)cc1.Cc1ccc(N)cc1.Cc1cccc(N)c1.Cc1nc(C)nc(C)n1.O=S(=O)=O.O=S(=O)=O.O=S(=O)=O. The van der Waals surface area contributed by atoms with Crippen molar-refractivity contribution >= 4 is 59.7 Å². The highest BCUT2D eigenvalue weighted by Gasteiger charge is 2.03. The van der Waals surface area contributed by atoms with E-state index >= 15 is 0 Å². The summed E-state index contributed by atoms with van der Waals surface area (Å²) in [6.07, 6.45) is 0. The summed E-state index contributed by atoms with van der Waals surface area (Å²) in [6.45, 7) is 15.8. The Morgan fingerprint density at radius 1 is 0.424 bits per heavy atom. The van der Waals surface area contributed by atoms with Crippen molar-refractivity contribution in [2.24, 2.45) is 0 Å². The van der Waals surface area contributed by atoms with Gasteiger partial charge < -0.3 is 22.3 Å². The molecule has 1 aromatic heterocycles. The van der Waals surface area contributed by atoms with E-state index in [1.54, 1.807) is 12.1 Å². The number of aryl methyl sites for hydroxylation is 8. The molecule has 0 saturated heterocycles. The summed E-state index contributed by atoms with van der Waals surface area (Å²) in [7, 11) is -9.33. The molecule has 5 aromatic carbocycles. The van der Waals surface area contributed by atoms with Gasteiger partial charge in [-0.05, 0) is 108 Å². The molecule has 320 valence electrons. The Balaban J connectivity index is -0.000000626. The number of anilines is 3. The topological polar surface area (TPSA) is 291 Å². The maximum Gasteiger partial charge on any atom is 0.425 e. The molecular weight excluding hydrogens is 821 g/mol. The smallest absolute Gasteiger partial charge is 0.425 e. The third-order valence-electron chi connectivity index (χ3n) is 6.44. The van der Waals surface area contributed by atoms with Gasteiger partial charge in [0.1, 0.15) is 23.2 Å². The van der Waals surface area contributed by atoms with Gasteiger partial charge in [-0.3, -0.25) is 0 Å². The second kappa shape index (κ2) is 31.5. The number of aromatic hydroxyl groups is 1. The molecule has 0 bridgehead atoms. The van der Waals surface area contributed by atoms with E-state index in [2.05, 4.69) is 53.1 Å². The maximum absolute atomic E-state index is 9.65. The van der Waals surface area contributed by atoms with Crippen LogP contribution in [0.3, 0.4) is 0 Å². The van der Waals surface area contributed by atoms with Crippen LogP contribution in [0.4, 0.5) is 17.1 Å². The van der Waals surface area contributed by atoms with Crippen molar-refractivity contribution in [3.8, 4) is 5.75 Å². The molecular formula is C40H52N6O10S3. The molecule has 6 aromatic rings. The average molecular weight is 873 g/mol. The predicted molar refractivity (Wildman–Crippen MR) is 232 cm³/mol. The van der Waals surface area contributed by atoms with E-state index in [9.17, 15) is 5.11 Å². The van der Waals surface area contributed by atoms with E-state index in [1.807, 2.05) is 108 Å². The van der Waals surface area contributed by atoms with Crippen molar-refractivity contribution in [2.45, 2.75) is 62.8 Å². The average Bonchev–Trinajstić information content (AvgIpc) is 3.07. The zero-order valence-electron chi connectivity index (χ0n) is 33.2. The molecule has 59 heavy (non-hydrogen) atoms. The number of nitrogens with zero attached hydrogens (tertiary/aromatic N) is 3. The van der Waals surface area contributed by atoms with Gasteiger partial charge in [-0.1, -0.05) is 90.8 Å². The van der Waals surface area contributed by atoms with Crippen molar-refractivity contribution in [3.05, 3.63) is 148 Å². The molecule has 0 spiro atoms. The first-order valence-electron chi connectivity index (χ1n) is 16.5. The predicted octanol–water partition coefficient (Wildman–Crippen LogP) is 6.31. The second-order valence-corrected chi connectivity index (χ2v) is 13.0. The van der Waals surface area contributed by atoms with Crippen LogP contribution in [0.2, 0.25) is 0 Å². The fraction of sp³-hybridized carbons (Fsp3) is 0.225. The zero-order valence-corrected chi connectivity index (χ0v) is 35.7. The van der Waals surface area contributed by atoms with Crippen LogP contribution in [0.5, 0.6) is 5.75 Å². The Bertz CT molecular complexity index is 2270. The first kappa shape index (κ1) is 56.8. The standard InChI is InChI=1S/C11H11NO.C8H10.2C7H9N.C6H9N3.CH4.3O3S/c1-7-5-8-3-2-4-9(12)11(8)10(13)6-7;1-7-3-5-8(2)6-4-7;1-6-2-4-7(8)5-3-6;1-6-3-2-4-7(8)5-6;1-4-7-5(2)9-6(3)8-4;;3*1-4(2)3/h2-6,13H,12H2,1H3;3-6H,1-2H3;2*2-5H,8H2,1H3;1-3H3;1H4;;;. The number of phenols is 1. The molecule has 0 amide bonds. The fourth-order valence-corrected chi connectivity index (χ4v) is 4.23. The van der Waals surface area contributed by atoms with Crippen molar-refractivity contribution in [1.29, 1.82) is 0 Å². The van der Waals surface area contributed by atoms with Gasteiger partial charge in [0.25, 0.3) is 0 Å². The number of phenolic OH excluding ortho intramolecular Hbond substituents is 1. The van der Waals surface area contributed by atoms with Crippen LogP contribution < -0.4 is 17.2 Å². The number of fused-ring (bicyclic) bond motifs is 1. The van der Waals surface area contributed by atoms with Crippen LogP contribution in [-0.2, 0) is 31.8 Å². The number of benzene rings is 5. The molecule has 0 atom stereocenters. The van der Waals surface area contributed by atoms with Gasteiger partial charge in [-0.15, -0.1) is 37.9 Å². The lowest BCUT2D eigenvalue weighted by atomic mass is 10.1. The lowest BCUT2D eigenvalue weighted by Crippen LogP contribution is -1.97. The minimum absolute atomic E-state index is 0. The largest absolute Gasteiger partial charge is 0.507 e. The molecule has 0 saturated carbocycles. The van der Waals surface area contributed by atoms with E-state index in [0.29, 0.717) is 5.69 Å². The van der Waals surface area contributed by atoms with Crippen molar-refractivity contribution < 1.29 is 43.0 Å². The quantitative estimate of drug-likeness (QED) is 0.122. The highest BCUT2D eigenvalue weighted by Crippen LogP contribution is 2.30. The number of aromatic nitrogens is 3. The Morgan fingerprint density at radius 3 is 1.10 bits per heavy atom. The lowest BCUT2D eigenvalue weighted by molar-refractivity contribution is 0.481. The minimum atomic E-state index is -3.11. The summed E-state index contributed by atoms with van der Waals surface area (Å²) >= 11 is 0. The van der Waals surface area contributed by atoms with Gasteiger partial charge in [-0.2, -0.15) is 0 Å². The van der Waals surface area contributed by atoms with Crippen LogP contribution >= 0.6 is 0 Å². The van der Waals surface area contributed by atoms with Crippen LogP contribution in [-0.4, -0.2) is 57.9 Å². The third-order valence-corrected chi connectivity index (χ3v) is 6.44. The summed E-state index contributed by atoms with van der Waals surface area (Å²) in [5.41, 5.74) is 25.1. The monoisotopic (exact) mass is 872 g/mol. The number of nitrogens with two attached hydrogens (primary N) is 3. The summed E-state index contributed by atoms with van der Waals surface area (Å²) in [5.74, 6) is 2.63. The summed E-state index contributed by atoms with van der Waals surface area (Å²) in [4.78, 5) is 12.0. The van der Waals surface area contributed by atoms with E-state index in [-0.39, 0.29) is 13.2 Å². The Hall–Kier alpha value is -6.57. The van der Waals surface area contributed by atoms with Gasteiger partial charge in [0, 0.05) is 22.4 Å². The Morgan fingerprint density at radius 2 is 0.780 bits per heavy atom. The number of hydrogen-bond acceptors (Lipinski definition) is 16. The maximum atomic E-state index is 9.65. The van der Waals surface area contributed by atoms with E-state index < -0.39 is 31.8 Å². The van der Waals surface area contributed by atoms with Gasteiger partial charge in [-0.25, -0.2) is 15.0 Å². The van der Waals surface area contributed by atoms with Crippen LogP contribution in [0.15, 0.2) is 103 Å². The summed E-state index contributed by atoms with van der Waals surface area (Å²) < 4.78 is 76.0. The van der Waals surface area contributed by atoms with Gasteiger partial charge >= 0.3 is 31.8 Å². The Kier molecular flexibility index (Phi) is 30.3. The molecule has 0 fully saturated rings. The van der Waals surface area contributed by atoms with Crippen molar-refractivity contribution in [3.63, 3.8) is 0 Å².